The van der Waals surface area contributed by atoms with Crippen LogP contribution in [-0.2, 0) is 14.6 Å². The smallest absolute Gasteiger partial charge is 0.236 e. The number of nitrogens with two attached hydrogens (primary N) is 1. The molecule has 0 aromatic carbocycles. The Bertz CT molecular complexity index is 345. The molecule has 86 valence electrons. The number of nitriles is 1. The van der Waals surface area contributed by atoms with Gasteiger partial charge in [-0.3, -0.25) is 4.79 Å². The Kier molecular flexibility index (Phi) is 5.89. The molecule has 3 N–H and O–H groups in total. The molecule has 15 heavy (non-hydrogen) atoms. The van der Waals surface area contributed by atoms with Crippen LogP contribution in [0.2, 0.25) is 0 Å². The first-order chi connectivity index (χ1) is 6.91. The van der Waals surface area contributed by atoms with Gasteiger partial charge in [0.15, 0.2) is 9.84 Å². The van der Waals surface area contributed by atoms with E-state index in [1.807, 2.05) is 0 Å². The second kappa shape index (κ2) is 6.37. The third-order valence-corrected chi connectivity index (χ3v) is 3.35. The Morgan fingerprint density at radius 3 is 2.67 bits per heavy atom. The fourth-order valence-electron chi connectivity index (χ4n) is 0.892. The molecule has 0 heterocycles. The Morgan fingerprint density at radius 2 is 2.20 bits per heavy atom. The lowest BCUT2D eigenvalue weighted by Crippen LogP contribution is -2.36. The quantitative estimate of drug-likeness (QED) is 0.558. The molecular weight excluding hydrogens is 218 g/mol. The van der Waals surface area contributed by atoms with Crippen LogP contribution < -0.4 is 11.1 Å². The summed E-state index contributed by atoms with van der Waals surface area (Å²) in [6.07, 6.45) is 0.541. The van der Waals surface area contributed by atoms with E-state index in [4.69, 9.17) is 11.0 Å². The van der Waals surface area contributed by atoms with E-state index in [0.29, 0.717) is 6.42 Å². The summed E-state index contributed by atoms with van der Waals surface area (Å²) in [6, 6.07) is 1.24. The molecule has 0 aromatic heterocycles. The molecule has 0 saturated carbocycles. The van der Waals surface area contributed by atoms with Gasteiger partial charge in [-0.15, -0.1) is 0 Å². The van der Waals surface area contributed by atoms with Gasteiger partial charge in [0.25, 0.3) is 0 Å². The Balaban J connectivity index is 4.15. The minimum Gasteiger partial charge on any atom is -0.342 e. The lowest BCUT2D eigenvalue weighted by molar-refractivity contribution is -0.118. The molecule has 0 spiro atoms. The number of amides is 1. The van der Waals surface area contributed by atoms with Crippen LogP contribution in [0.3, 0.4) is 0 Å². The predicted octanol–water partition coefficient (Wildman–Crippen LogP) is -1.22. The summed E-state index contributed by atoms with van der Waals surface area (Å²) in [5, 5.41) is 10.3. The highest BCUT2D eigenvalue weighted by atomic mass is 32.2. The summed E-state index contributed by atoms with van der Waals surface area (Å²) >= 11 is 0. The Morgan fingerprint density at radius 1 is 1.60 bits per heavy atom. The average molecular weight is 233 g/mol. The maximum atomic E-state index is 11.3. The molecular formula is C8H15N3O3S. The molecule has 1 unspecified atom stereocenters. The summed E-state index contributed by atoms with van der Waals surface area (Å²) in [6.45, 7) is 1.59. The van der Waals surface area contributed by atoms with Gasteiger partial charge in [-0.25, -0.2) is 8.42 Å². The third kappa shape index (κ3) is 6.88. The largest absolute Gasteiger partial charge is 0.342 e. The molecule has 0 fully saturated rings. The highest BCUT2D eigenvalue weighted by Gasteiger charge is 2.19. The first kappa shape index (κ1) is 13.9. The molecule has 1 atom stereocenters. The van der Waals surface area contributed by atoms with Gasteiger partial charge in [0.2, 0.25) is 5.91 Å². The van der Waals surface area contributed by atoms with Gasteiger partial charge >= 0.3 is 0 Å². The number of rotatable bonds is 6. The van der Waals surface area contributed by atoms with E-state index in [1.54, 1.807) is 13.0 Å². The van der Waals surface area contributed by atoms with Crippen molar-refractivity contribution in [2.75, 3.05) is 18.1 Å². The van der Waals surface area contributed by atoms with Crippen molar-refractivity contribution < 1.29 is 13.2 Å². The number of hydrogen-bond acceptors (Lipinski definition) is 5. The minimum absolute atomic E-state index is 0.186. The highest BCUT2D eigenvalue weighted by molar-refractivity contribution is 7.92. The SMILES string of the molecule is CCC(N)CS(=O)(=O)CC(=O)NCC#N. The summed E-state index contributed by atoms with van der Waals surface area (Å²) in [7, 11) is -3.47. The normalized spacial score (nSPS) is 12.9. The number of carbonyl (C=O) groups is 1. The molecule has 6 nitrogen and oxygen atoms in total. The van der Waals surface area contributed by atoms with Gasteiger partial charge in [-0.05, 0) is 6.42 Å². The third-order valence-electron chi connectivity index (χ3n) is 1.71. The second-order valence-electron chi connectivity index (χ2n) is 3.16. The zero-order valence-corrected chi connectivity index (χ0v) is 9.38. The Hall–Kier alpha value is -1.13. The highest BCUT2D eigenvalue weighted by Crippen LogP contribution is 1.96. The van der Waals surface area contributed by atoms with Crippen LogP contribution in [0.5, 0.6) is 0 Å². The molecule has 0 aliphatic rings. The molecule has 0 aliphatic heterocycles. The van der Waals surface area contributed by atoms with Crippen LogP contribution in [0.1, 0.15) is 13.3 Å². The fraction of sp³-hybridized carbons (Fsp3) is 0.750. The second-order valence-corrected chi connectivity index (χ2v) is 5.27. The van der Waals surface area contributed by atoms with Crippen molar-refractivity contribution in [1.82, 2.24) is 5.32 Å². The van der Waals surface area contributed by atoms with Gasteiger partial charge in [0.05, 0.1) is 11.8 Å². The molecule has 1 amide bonds. The van der Waals surface area contributed by atoms with Crippen molar-refractivity contribution in [3.8, 4) is 6.07 Å². The molecule has 7 heteroatoms. The van der Waals surface area contributed by atoms with Crippen molar-refractivity contribution in [2.24, 2.45) is 5.73 Å². The molecule has 0 bridgehead atoms. The van der Waals surface area contributed by atoms with Gasteiger partial charge in [-0.1, -0.05) is 6.92 Å². The van der Waals surface area contributed by atoms with Crippen molar-refractivity contribution in [1.29, 1.82) is 5.26 Å². The zero-order valence-electron chi connectivity index (χ0n) is 8.56. The van der Waals surface area contributed by atoms with E-state index in [1.165, 1.54) is 0 Å². The number of nitrogens with zero attached hydrogens (tertiary/aromatic N) is 1. The maximum Gasteiger partial charge on any atom is 0.236 e. The number of carbonyl (C=O) groups excluding carboxylic acids is 1. The summed E-state index contributed by atoms with van der Waals surface area (Å²) in [4.78, 5) is 11.0. The average Bonchev–Trinajstić information content (AvgIpc) is 2.12. The molecule has 0 saturated heterocycles. The van der Waals surface area contributed by atoms with E-state index < -0.39 is 27.5 Å². The van der Waals surface area contributed by atoms with Crippen LogP contribution in [0, 0.1) is 11.3 Å². The van der Waals surface area contributed by atoms with Gasteiger partial charge in [0, 0.05) is 6.04 Å². The van der Waals surface area contributed by atoms with Crippen LogP contribution in [0.25, 0.3) is 0 Å². The van der Waals surface area contributed by atoms with Crippen LogP contribution in [0.15, 0.2) is 0 Å². The first-order valence-electron chi connectivity index (χ1n) is 4.51. The lowest BCUT2D eigenvalue weighted by atomic mass is 10.3. The lowest BCUT2D eigenvalue weighted by Gasteiger charge is -2.08. The van der Waals surface area contributed by atoms with Crippen molar-refractivity contribution in [3.63, 3.8) is 0 Å². The molecule has 0 rings (SSSR count). The molecule has 0 radical (unpaired) electrons. The molecule has 0 aliphatic carbocycles. The number of nitrogens with one attached hydrogen (secondary N) is 1. The maximum absolute atomic E-state index is 11.3. The Labute approximate surface area is 89.4 Å². The van der Waals surface area contributed by atoms with Crippen molar-refractivity contribution in [2.45, 2.75) is 19.4 Å². The predicted molar refractivity (Wildman–Crippen MR) is 55.5 cm³/mol. The monoisotopic (exact) mass is 233 g/mol. The van der Waals surface area contributed by atoms with Gasteiger partial charge in [0.1, 0.15) is 12.3 Å². The fourth-order valence-corrected chi connectivity index (χ4v) is 2.40. The topological polar surface area (TPSA) is 113 Å². The zero-order chi connectivity index (χ0) is 11.9. The van der Waals surface area contributed by atoms with Crippen LogP contribution >= 0.6 is 0 Å². The summed E-state index contributed by atoms with van der Waals surface area (Å²) in [5.74, 6) is -1.48. The van der Waals surface area contributed by atoms with E-state index in [9.17, 15) is 13.2 Å². The number of hydrogen-bond donors (Lipinski definition) is 2. The number of sulfone groups is 1. The summed E-state index contributed by atoms with van der Waals surface area (Å²) in [5.41, 5.74) is 5.47. The van der Waals surface area contributed by atoms with Gasteiger partial charge < -0.3 is 11.1 Å². The van der Waals surface area contributed by atoms with E-state index in [2.05, 4.69) is 5.32 Å². The van der Waals surface area contributed by atoms with E-state index in [-0.39, 0.29) is 12.3 Å². The van der Waals surface area contributed by atoms with Crippen LogP contribution in [-0.4, -0.2) is 38.4 Å². The summed E-state index contributed by atoms with van der Waals surface area (Å²) < 4.78 is 22.7. The standard InChI is InChI=1S/C8H15N3O3S/c1-2-7(10)5-15(13,14)6-8(12)11-4-3-9/h7H,2,4-6,10H2,1H3,(H,11,12). The van der Waals surface area contributed by atoms with E-state index in [0.717, 1.165) is 0 Å². The van der Waals surface area contributed by atoms with Gasteiger partial charge in [-0.2, -0.15) is 5.26 Å². The van der Waals surface area contributed by atoms with Crippen molar-refractivity contribution >= 4 is 15.7 Å². The van der Waals surface area contributed by atoms with Crippen LogP contribution in [0.4, 0.5) is 0 Å². The molecule has 0 aromatic rings. The minimum atomic E-state index is -3.47. The first-order valence-corrected chi connectivity index (χ1v) is 6.33. The van der Waals surface area contributed by atoms with Crippen molar-refractivity contribution in [3.05, 3.63) is 0 Å². The van der Waals surface area contributed by atoms with E-state index >= 15 is 0 Å².